The molecule has 6 nitrogen and oxygen atoms in total. The molecule has 0 unspecified atom stereocenters. The summed E-state index contributed by atoms with van der Waals surface area (Å²) in [6.45, 7) is 3.41. The van der Waals surface area contributed by atoms with Crippen LogP contribution in [0.25, 0.3) is 0 Å². The zero-order valence-corrected chi connectivity index (χ0v) is 35.6. The summed E-state index contributed by atoms with van der Waals surface area (Å²) in [5, 5.41) is 14.6. The summed E-state index contributed by atoms with van der Waals surface area (Å²) >= 11 is 1.66. The van der Waals surface area contributed by atoms with E-state index in [2.05, 4.69) is 202 Å². The predicted molar refractivity (Wildman–Crippen MR) is 244 cm³/mol. The van der Waals surface area contributed by atoms with Crippen LogP contribution in [0.15, 0.2) is 170 Å². The number of rotatable bonds is 18. The van der Waals surface area contributed by atoms with Gasteiger partial charge in [-0.3, -0.25) is 9.78 Å². The van der Waals surface area contributed by atoms with Gasteiger partial charge in [0.15, 0.2) is 12.2 Å². The zero-order valence-electron chi connectivity index (χ0n) is 34.0. The largest absolute Gasteiger partial charge is 0.251 e. The summed E-state index contributed by atoms with van der Waals surface area (Å²) in [5.41, 5.74) is 8.54. The van der Waals surface area contributed by atoms with Crippen LogP contribution in [0.3, 0.4) is 0 Å². The minimum Gasteiger partial charge on any atom is -0.251 e. The summed E-state index contributed by atoms with van der Waals surface area (Å²) < 4.78 is 9.55. The van der Waals surface area contributed by atoms with Crippen molar-refractivity contribution in [1.29, 1.82) is 0 Å². The Balaban J connectivity index is 1.26. The minimum atomic E-state index is -0.473. The van der Waals surface area contributed by atoms with Gasteiger partial charge in [0, 0.05) is 33.7 Å². The van der Waals surface area contributed by atoms with Crippen molar-refractivity contribution < 1.29 is 28.5 Å². The first-order valence-corrected chi connectivity index (χ1v) is 21.2. The fourth-order valence-electron chi connectivity index (χ4n) is 7.67. The molecule has 0 N–H and O–H groups in total. The van der Waals surface area contributed by atoms with E-state index in [0.29, 0.717) is 25.7 Å². The zero-order chi connectivity index (χ0) is 42.3. The van der Waals surface area contributed by atoms with Crippen molar-refractivity contribution in [2.24, 2.45) is 0 Å². The predicted octanol–water partition coefficient (Wildman–Crippen LogP) is 12.4. The fraction of sp³-hybridized carbons (Fsp3) is 0.170. The summed E-state index contributed by atoms with van der Waals surface area (Å²) in [4.78, 5) is 9.81. The van der Waals surface area contributed by atoms with E-state index in [-0.39, 0.29) is 0 Å². The van der Waals surface area contributed by atoms with Gasteiger partial charge in [-0.1, -0.05) is 194 Å². The maximum absolute atomic E-state index is 4.90. The monoisotopic (exact) mass is 840 g/mol. The molecule has 0 heterocycles. The highest BCUT2D eigenvalue weighted by atomic mass is 32.2. The minimum absolute atomic E-state index is 0.473. The van der Waals surface area contributed by atoms with E-state index in [1.807, 2.05) is 24.3 Å². The highest BCUT2D eigenvalue weighted by molar-refractivity contribution is 7.99. The van der Waals surface area contributed by atoms with Crippen LogP contribution in [0.4, 0.5) is 0 Å². The highest BCUT2D eigenvalue weighted by Gasteiger charge is 2.37. The number of hydrogen-bond acceptors (Lipinski definition) is 8. The molecule has 0 spiro atoms. The van der Waals surface area contributed by atoms with Gasteiger partial charge in [-0.05, 0) is 88.1 Å². The third kappa shape index (κ3) is 11.9. The second kappa shape index (κ2) is 24.1. The lowest BCUT2D eigenvalue weighted by Gasteiger charge is -2.36. The summed E-state index contributed by atoms with van der Waals surface area (Å²) in [6, 6.07) is 60.4. The molecule has 0 saturated carbocycles. The van der Waals surface area contributed by atoms with E-state index in [1.54, 1.807) is 13.8 Å². The van der Waals surface area contributed by atoms with Crippen molar-refractivity contribution >= 4 is 24.1 Å². The van der Waals surface area contributed by atoms with Crippen LogP contribution in [-0.4, -0.2) is 0 Å². The van der Waals surface area contributed by atoms with Gasteiger partial charge >= 0.3 is 0 Å². The molecule has 6 aromatic rings. The Hall–Kier alpha value is -6.30. The van der Waals surface area contributed by atoms with E-state index in [4.69, 9.17) is 18.4 Å². The molecule has 61 heavy (non-hydrogen) atoms. The van der Waals surface area contributed by atoms with E-state index >= 15 is 0 Å². The summed E-state index contributed by atoms with van der Waals surface area (Å²) in [6.07, 6.45) is 8.45. The summed E-state index contributed by atoms with van der Waals surface area (Å²) in [7, 11) is 0. The molecule has 0 aliphatic carbocycles. The molecule has 0 atom stereocenters. The second-order valence-corrected chi connectivity index (χ2v) is 14.7. The lowest BCUT2D eigenvalue weighted by atomic mass is 9.66. The van der Waals surface area contributed by atoms with Gasteiger partial charge in [0.1, 0.15) is 24.1 Å². The lowest BCUT2D eigenvalue weighted by Crippen LogP contribution is -2.29. The van der Waals surface area contributed by atoms with Gasteiger partial charge in [-0.25, -0.2) is 0 Å². The topological polar surface area (TPSA) is 55.4 Å². The number of benzene rings is 6. The van der Waals surface area contributed by atoms with Crippen LogP contribution in [0.1, 0.15) is 84.0 Å². The van der Waals surface area contributed by atoms with Gasteiger partial charge in [0.25, 0.3) is 0 Å². The molecule has 6 rings (SSSR count). The standard InChI is InChI=1S/C53H44O6S2/c1-3-41-60-58-56-54-39-19-17-37-52(46-21-9-5-10-22-46,47-23-11-6-12-24-47)50-33-29-44(30-34-50)43-45-31-35-51(36-32-45)53(48-25-13-7-14-26-48,49-27-15-8-16-28-49)38-18-20-40-55-57-59-61-42-4-2/h5-16,21-36H,17-18,37-38,43H2,1-2H3. The first-order valence-electron chi connectivity index (χ1n) is 19.7. The van der Waals surface area contributed by atoms with E-state index in [9.17, 15) is 0 Å². The third-order valence-corrected chi connectivity index (χ3v) is 11.1. The average Bonchev–Trinajstić information content (AvgIpc) is 3.32. The van der Waals surface area contributed by atoms with Gasteiger partial charge in [-0.15, -0.1) is 8.67 Å². The molecule has 0 saturated heterocycles. The SMILES string of the molecule is CC#CSOOOC#CCCC(c1ccccc1)(c1ccccc1)c1ccc(Cc2ccc(C(CCC#COOOSC#CC)(c3ccccc3)c3ccccc3)cc2)cc1. The average molecular weight is 841 g/mol. The molecular weight excluding hydrogens is 797 g/mol. The highest BCUT2D eigenvalue weighted by Crippen LogP contribution is 2.45. The van der Waals surface area contributed by atoms with Crippen molar-refractivity contribution in [1.82, 2.24) is 0 Å². The first-order chi connectivity index (χ1) is 30.2. The Morgan fingerprint density at radius 2 is 0.721 bits per heavy atom. The molecule has 6 aromatic carbocycles. The lowest BCUT2D eigenvalue weighted by molar-refractivity contribution is -0.424. The molecular formula is C53H44O6S2. The van der Waals surface area contributed by atoms with Crippen LogP contribution in [0.5, 0.6) is 0 Å². The Morgan fingerprint density at radius 3 is 1.03 bits per heavy atom. The molecule has 0 aromatic heterocycles. The molecule has 0 bridgehead atoms. The van der Waals surface area contributed by atoms with Gasteiger partial charge in [-0.2, -0.15) is 0 Å². The Morgan fingerprint density at radius 1 is 0.410 bits per heavy atom. The molecule has 0 fully saturated rings. The Bertz CT molecular complexity index is 2230. The molecule has 304 valence electrons. The van der Waals surface area contributed by atoms with Gasteiger partial charge < -0.3 is 0 Å². The smallest absolute Gasteiger partial charge is 0.160 e. The van der Waals surface area contributed by atoms with Crippen molar-refractivity contribution in [3.8, 4) is 46.4 Å². The van der Waals surface area contributed by atoms with Gasteiger partial charge in [0.2, 0.25) is 0 Å². The van der Waals surface area contributed by atoms with E-state index < -0.39 is 10.8 Å². The third-order valence-electron chi connectivity index (χ3n) is 10.3. The van der Waals surface area contributed by atoms with Crippen LogP contribution < -0.4 is 0 Å². The van der Waals surface area contributed by atoms with Crippen molar-refractivity contribution in [2.75, 3.05) is 0 Å². The van der Waals surface area contributed by atoms with Crippen LogP contribution in [0.2, 0.25) is 0 Å². The van der Waals surface area contributed by atoms with Crippen LogP contribution in [0, 0.1) is 46.4 Å². The van der Waals surface area contributed by atoms with E-state index in [0.717, 1.165) is 30.5 Å². The van der Waals surface area contributed by atoms with Crippen LogP contribution in [-0.2, 0) is 45.8 Å². The Labute approximate surface area is 368 Å². The van der Waals surface area contributed by atoms with Crippen molar-refractivity contribution in [3.05, 3.63) is 214 Å². The van der Waals surface area contributed by atoms with Gasteiger partial charge in [0.05, 0.1) is 0 Å². The maximum Gasteiger partial charge on any atom is 0.160 e. The second-order valence-electron chi connectivity index (χ2n) is 13.7. The van der Waals surface area contributed by atoms with E-state index in [1.165, 1.54) is 44.5 Å². The molecule has 8 heteroatoms. The van der Waals surface area contributed by atoms with Crippen molar-refractivity contribution in [2.45, 2.75) is 56.8 Å². The first kappa shape index (κ1) is 44.3. The molecule has 0 amide bonds. The molecule has 0 aliphatic rings. The quantitative estimate of drug-likeness (QED) is 0.0212. The summed E-state index contributed by atoms with van der Waals surface area (Å²) in [5.74, 6) is 11.6. The van der Waals surface area contributed by atoms with Crippen molar-refractivity contribution in [3.63, 3.8) is 0 Å². The Kier molecular flexibility index (Phi) is 17.5. The molecule has 0 radical (unpaired) electrons. The fourth-order valence-corrected chi connectivity index (χ4v) is 8.02. The normalized spacial score (nSPS) is 10.7. The number of hydrogen-bond donors (Lipinski definition) is 0. The van der Waals surface area contributed by atoms with Crippen LogP contribution >= 0.6 is 24.1 Å². The molecule has 0 aliphatic heterocycles. The maximum atomic E-state index is 4.90.